The van der Waals surface area contributed by atoms with E-state index in [0.29, 0.717) is 0 Å². The number of nitrogens with two attached hydrogens (primary N) is 1. The van der Waals surface area contributed by atoms with Crippen LogP contribution in [0.25, 0.3) is 0 Å². The first-order chi connectivity index (χ1) is 7.26. The van der Waals surface area contributed by atoms with Gasteiger partial charge < -0.3 is 10.6 Å². The normalized spacial score (nSPS) is 9.60. The number of likely N-dealkylation sites (N-methyl/N-ethyl adjacent to an activating group) is 1. The maximum Gasteiger partial charge on any atom is 0.0554 e. The van der Waals surface area contributed by atoms with E-state index < -0.39 is 0 Å². The van der Waals surface area contributed by atoms with Gasteiger partial charge in [0.1, 0.15) is 0 Å². The number of rotatable bonds is 4. The van der Waals surface area contributed by atoms with Gasteiger partial charge in [0, 0.05) is 13.2 Å². The van der Waals surface area contributed by atoms with Gasteiger partial charge in [0.25, 0.3) is 0 Å². The third-order valence-electron chi connectivity index (χ3n) is 1.35. The van der Waals surface area contributed by atoms with Crippen molar-refractivity contribution in [2.45, 2.75) is 41.0 Å². The van der Waals surface area contributed by atoms with Crippen LogP contribution in [0, 0.1) is 0 Å². The fraction of sp³-hybridized carbons (Fsp3) is 0.538. The van der Waals surface area contributed by atoms with Crippen molar-refractivity contribution in [3.05, 3.63) is 36.8 Å². The van der Waals surface area contributed by atoms with Gasteiger partial charge in [-0.15, -0.1) is 0 Å². The summed E-state index contributed by atoms with van der Waals surface area (Å²) in [5, 5.41) is 0. The average molecular weight is 212 g/mol. The Morgan fingerprint density at radius 3 is 2.00 bits per heavy atom. The quantitative estimate of drug-likeness (QED) is 0.717. The van der Waals surface area contributed by atoms with Crippen LogP contribution < -0.4 is 5.73 Å². The zero-order chi connectivity index (χ0) is 12.7. The van der Waals surface area contributed by atoms with Gasteiger partial charge in [-0.1, -0.05) is 47.3 Å². The van der Waals surface area contributed by atoms with E-state index in [-0.39, 0.29) is 0 Å². The van der Waals surface area contributed by atoms with Crippen molar-refractivity contribution in [3.63, 3.8) is 0 Å². The molecule has 0 aromatic heterocycles. The Labute approximate surface area is 96.2 Å². The Kier molecular flexibility index (Phi) is 24.0. The van der Waals surface area contributed by atoms with Crippen molar-refractivity contribution in [3.8, 4) is 0 Å². The van der Waals surface area contributed by atoms with E-state index in [1.807, 2.05) is 45.8 Å². The minimum atomic E-state index is 0.912. The lowest BCUT2D eigenvalue weighted by molar-refractivity contribution is 0.584. The Balaban J connectivity index is -0.000000318. The van der Waals surface area contributed by atoms with Crippen LogP contribution in [-0.2, 0) is 0 Å². The van der Waals surface area contributed by atoms with Crippen LogP contribution in [0.15, 0.2) is 36.8 Å². The molecule has 0 heterocycles. The summed E-state index contributed by atoms with van der Waals surface area (Å²) < 4.78 is 0. The van der Waals surface area contributed by atoms with Crippen LogP contribution in [0.1, 0.15) is 41.0 Å². The lowest BCUT2D eigenvalue weighted by atomic mass is 10.4. The number of hydrogen-bond acceptors (Lipinski definition) is 2. The highest BCUT2D eigenvalue weighted by atomic mass is 15.1. The van der Waals surface area contributed by atoms with Crippen LogP contribution >= 0.6 is 0 Å². The molecule has 0 unspecified atom stereocenters. The third kappa shape index (κ3) is 12.8. The molecule has 90 valence electrons. The molecule has 0 saturated heterocycles. The maximum absolute atomic E-state index is 5.35. The first kappa shape index (κ1) is 19.4. The fourth-order valence-corrected chi connectivity index (χ4v) is 0.679. The van der Waals surface area contributed by atoms with Crippen molar-refractivity contribution in [2.24, 2.45) is 5.73 Å². The lowest BCUT2D eigenvalue weighted by Crippen LogP contribution is -2.09. The molecule has 0 saturated carbocycles. The minimum Gasteiger partial charge on any atom is -0.403 e. The third-order valence-corrected chi connectivity index (χ3v) is 1.35. The summed E-state index contributed by atoms with van der Waals surface area (Å²) in [6.07, 6.45) is 8.32. The van der Waals surface area contributed by atoms with E-state index in [9.17, 15) is 0 Å². The monoisotopic (exact) mass is 212 g/mol. The Morgan fingerprint density at radius 2 is 1.73 bits per heavy atom. The summed E-state index contributed by atoms with van der Waals surface area (Å²) in [4.78, 5) is 1.93. The Bertz CT molecular complexity index is 169. The molecular weight excluding hydrogens is 184 g/mol. The van der Waals surface area contributed by atoms with Crippen LogP contribution in [-0.4, -0.2) is 11.9 Å². The van der Waals surface area contributed by atoms with Crippen molar-refractivity contribution in [1.29, 1.82) is 0 Å². The van der Waals surface area contributed by atoms with Crippen molar-refractivity contribution >= 4 is 0 Å². The summed E-state index contributed by atoms with van der Waals surface area (Å²) in [5.74, 6) is 0. The Hall–Kier alpha value is -1.18. The molecule has 0 aromatic carbocycles. The summed E-state index contributed by atoms with van der Waals surface area (Å²) >= 11 is 0. The molecule has 0 atom stereocenters. The molecular formula is C13H28N2. The molecule has 0 aliphatic heterocycles. The molecule has 0 rings (SSSR count). The molecule has 0 aromatic rings. The smallest absolute Gasteiger partial charge is 0.0554 e. The van der Waals surface area contributed by atoms with Crippen LogP contribution in [0.2, 0.25) is 0 Å². The minimum absolute atomic E-state index is 0.912. The van der Waals surface area contributed by atoms with Gasteiger partial charge in [0.05, 0.1) is 5.70 Å². The SMILES string of the molecule is C=C/C(=C/N)N(C)/C=C\CC.CC.CC. The lowest BCUT2D eigenvalue weighted by Gasteiger charge is -2.13. The molecule has 0 radical (unpaired) electrons. The van der Waals surface area contributed by atoms with Gasteiger partial charge in [-0.2, -0.15) is 0 Å². The van der Waals surface area contributed by atoms with Crippen molar-refractivity contribution < 1.29 is 0 Å². The van der Waals surface area contributed by atoms with Gasteiger partial charge in [0.15, 0.2) is 0 Å². The second-order valence-corrected chi connectivity index (χ2v) is 2.20. The van der Waals surface area contributed by atoms with Crippen LogP contribution in [0.4, 0.5) is 0 Å². The highest BCUT2D eigenvalue weighted by Gasteiger charge is 1.92. The first-order valence-electron chi connectivity index (χ1n) is 5.70. The molecule has 0 spiro atoms. The molecule has 2 nitrogen and oxygen atoms in total. The summed E-state index contributed by atoms with van der Waals surface area (Å²) in [6, 6.07) is 0. The maximum atomic E-state index is 5.35. The highest BCUT2D eigenvalue weighted by Crippen LogP contribution is 2.00. The van der Waals surface area contributed by atoms with Gasteiger partial charge in [-0.3, -0.25) is 0 Å². The molecule has 2 N–H and O–H groups in total. The first-order valence-corrected chi connectivity index (χ1v) is 5.70. The topological polar surface area (TPSA) is 29.3 Å². The number of allylic oxidation sites excluding steroid dienone is 2. The van der Waals surface area contributed by atoms with Gasteiger partial charge >= 0.3 is 0 Å². The van der Waals surface area contributed by atoms with E-state index in [1.54, 1.807) is 6.08 Å². The van der Waals surface area contributed by atoms with E-state index >= 15 is 0 Å². The largest absolute Gasteiger partial charge is 0.403 e. The standard InChI is InChI=1S/C9H16N2.2C2H6/c1-4-6-7-11(3)9(5-2)8-10;2*1-2/h5-8H,2,4,10H2,1,3H3;2*1-2H3/b7-6-,9-8-;;. The molecule has 0 aliphatic carbocycles. The zero-order valence-corrected chi connectivity index (χ0v) is 11.2. The Morgan fingerprint density at radius 1 is 1.27 bits per heavy atom. The highest BCUT2D eigenvalue weighted by molar-refractivity contribution is 5.15. The molecule has 0 bridgehead atoms. The fourth-order valence-electron chi connectivity index (χ4n) is 0.679. The molecule has 2 heteroatoms. The molecule has 0 aliphatic rings. The van der Waals surface area contributed by atoms with E-state index in [4.69, 9.17) is 5.73 Å². The molecule has 15 heavy (non-hydrogen) atoms. The number of hydrogen-bond donors (Lipinski definition) is 1. The second-order valence-electron chi connectivity index (χ2n) is 2.20. The summed E-state index contributed by atoms with van der Waals surface area (Å²) in [7, 11) is 1.94. The van der Waals surface area contributed by atoms with Gasteiger partial charge in [0.2, 0.25) is 0 Å². The molecule has 0 fully saturated rings. The van der Waals surface area contributed by atoms with Gasteiger partial charge in [-0.05, 0) is 18.7 Å². The number of nitrogens with zero attached hydrogens (tertiary/aromatic N) is 1. The van der Waals surface area contributed by atoms with E-state index in [1.165, 1.54) is 6.20 Å². The van der Waals surface area contributed by atoms with Crippen LogP contribution in [0.5, 0.6) is 0 Å². The average Bonchev–Trinajstić information content (AvgIpc) is 2.33. The summed E-state index contributed by atoms with van der Waals surface area (Å²) in [5.41, 5.74) is 6.26. The predicted molar refractivity (Wildman–Crippen MR) is 72.4 cm³/mol. The van der Waals surface area contributed by atoms with Gasteiger partial charge in [-0.25, -0.2) is 0 Å². The van der Waals surface area contributed by atoms with E-state index in [0.717, 1.165) is 12.1 Å². The van der Waals surface area contributed by atoms with E-state index in [2.05, 4.69) is 19.6 Å². The van der Waals surface area contributed by atoms with Crippen molar-refractivity contribution in [2.75, 3.05) is 7.05 Å². The summed E-state index contributed by atoms with van der Waals surface area (Å²) in [6.45, 7) is 13.7. The second kappa shape index (κ2) is 18.6. The zero-order valence-electron chi connectivity index (χ0n) is 11.2. The predicted octanol–water partition coefficient (Wildman–Crippen LogP) is 3.88. The van der Waals surface area contributed by atoms with Crippen LogP contribution in [0.3, 0.4) is 0 Å². The molecule has 0 amide bonds. The van der Waals surface area contributed by atoms with Crippen molar-refractivity contribution in [1.82, 2.24) is 4.90 Å².